The minimum atomic E-state index is -0.662. The molecule has 0 saturated heterocycles. The van der Waals surface area contributed by atoms with Gasteiger partial charge in [0.2, 0.25) is 0 Å². The Morgan fingerprint density at radius 2 is 0.610 bits per heavy atom. The van der Waals surface area contributed by atoms with Crippen LogP contribution in [0.25, 0.3) is 0 Å². The van der Waals surface area contributed by atoms with E-state index in [1.165, 1.54) is 141 Å². The molecule has 2 N–H and O–H groups in total. The number of rotatable bonds is 30. The van der Waals surface area contributed by atoms with Crippen LogP contribution in [-0.4, -0.2) is 22.2 Å². The predicted octanol–water partition coefficient (Wildman–Crippen LogP) is 12.2. The Kier molecular flexibility index (Phi) is 44.7. The van der Waals surface area contributed by atoms with E-state index in [1.807, 2.05) is 0 Å². The van der Waals surface area contributed by atoms with Gasteiger partial charge in [-0.25, -0.2) is 0 Å². The summed E-state index contributed by atoms with van der Waals surface area (Å²) in [6.45, 7) is 4.51. The van der Waals surface area contributed by atoms with Crippen molar-refractivity contribution in [2.75, 3.05) is 0 Å². The van der Waals surface area contributed by atoms with E-state index in [-0.39, 0.29) is 19.5 Å². The maximum atomic E-state index is 10.3. The molecular formula is C36H68O4Zn. The summed E-state index contributed by atoms with van der Waals surface area (Å²) >= 11 is 0. The fourth-order valence-corrected chi connectivity index (χ4v) is 4.69. The van der Waals surface area contributed by atoms with Crippen LogP contribution < -0.4 is 0 Å². The minimum Gasteiger partial charge on any atom is -0.481 e. The quantitative estimate of drug-likeness (QED) is 0.0471. The van der Waals surface area contributed by atoms with Gasteiger partial charge in [0.1, 0.15) is 0 Å². The summed E-state index contributed by atoms with van der Waals surface area (Å²) < 4.78 is 0. The van der Waals surface area contributed by atoms with Crippen molar-refractivity contribution in [1.29, 1.82) is 0 Å². The first-order chi connectivity index (χ1) is 19.5. The molecule has 0 bridgehead atoms. The maximum Gasteiger partial charge on any atom is 0.303 e. The van der Waals surface area contributed by atoms with Crippen LogP contribution in [-0.2, 0) is 29.1 Å². The Labute approximate surface area is 268 Å². The normalized spacial score (nSPS) is 11.0. The van der Waals surface area contributed by atoms with E-state index in [1.54, 1.807) is 0 Å². The van der Waals surface area contributed by atoms with E-state index >= 15 is 0 Å². The van der Waals surface area contributed by atoms with Crippen molar-refractivity contribution in [3.63, 3.8) is 0 Å². The Bertz CT molecular complexity index is 524. The third-order valence-corrected chi connectivity index (χ3v) is 7.30. The molecular weight excluding hydrogens is 562 g/mol. The average molecular weight is 630 g/mol. The van der Waals surface area contributed by atoms with E-state index < -0.39 is 11.9 Å². The van der Waals surface area contributed by atoms with E-state index in [0.29, 0.717) is 12.8 Å². The van der Waals surface area contributed by atoms with Gasteiger partial charge in [-0.1, -0.05) is 141 Å². The van der Waals surface area contributed by atoms with E-state index in [2.05, 4.69) is 38.2 Å². The number of carboxylic acids is 2. The van der Waals surface area contributed by atoms with Gasteiger partial charge in [0, 0.05) is 32.3 Å². The molecule has 0 aliphatic rings. The minimum absolute atomic E-state index is 0. The molecule has 0 aromatic heterocycles. The van der Waals surface area contributed by atoms with Crippen molar-refractivity contribution < 1.29 is 39.3 Å². The number of hydrogen-bond acceptors (Lipinski definition) is 2. The second-order valence-electron chi connectivity index (χ2n) is 11.5. The van der Waals surface area contributed by atoms with Crippen molar-refractivity contribution >= 4 is 11.9 Å². The number of allylic oxidation sites excluding steroid dienone is 4. The molecule has 0 spiro atoms. The Morgan fingerprint density at radius 1 is 0.390 bits per heavy atom. The number of aliphatic carboxylic acids is 2. The van der Waals surface area contributed by atoms with Gasteiger partial charge in [0.15, 0.2) is 0 Å². The third-order valence-electron chi connectivity index (χ3n) is 7.30. The van der Waals surface area contributed by atoms with Crippen molar-refractivity contribution in [2.24, 2.45) is 0 Å². The Balaban J connectivity index is -0.000000688. The zero-order valence-electron chi connectivity index (χ0n) is 27.5. The van der Waals surface area contributed by atoms with Gasteiger partial charge in [-0.05, 0) is 64.2 Å². The second kappa shape index (κ2) is 41.2. The van der Waals surface area contributed by atoms with E-state index in [4.69, 9.17) is 10.2 Å². The molecule has 0 unspecified atom stereocenters. The SMILES string of the molecule is CCCCCCCC=CCCCCCCCCC(=O)O.CCCCCCCC=CCCCCCCCCC(=O)O.[Zn]. The van der Waals surface area contributed by atoms with Crippen molar-refractivity contribution in [3.8, 4) is 0 Å². The summed E-state index contributed by atoms with van der Waals surface area (Å²) in [5.74, 6) is -1.32. The number of carbonyl (C=O) groups is 2. The van der Waals surface area contributed by atoms with Crippen molar-refractivity contribution in [3.05, 3.63) is 24.3 Å². The summed E-state index contributed by atoms with van der Waals surface area (Å²) in [6.07, 6.45) is 42.5. The zero-order valence-corrected chi connectivity index (χ0v) is 30.5. The van der Waals surface area contributed by atoms with Gasteiger partial charge in [-0.15, -0.1) is 0 Å². The summed E-state index contributed by atoms with van der Waals surface area (Å²) in [4.78, 5) is 20.7. The van der Waals surface area contributed by atoms with Gasteiger partial charge >= 0.3 is 11.9 Å². The zero-order chi connectivity index (χ0) is 29.8. The molecule has 0 aliphatic heterocycles. The molecule has 5 heteroatoms. The molecule has 0 fully saturated rings. The molecule has 0 saturated carbocycles. The first-order valence-electron chi connectivity index (χ1n) is 17.3. The summed E-state index contributed by atoms with van der Waals surface area (Å²) in [6, 6.07) is 0. The van der Waals surface area contributed by atoms with Crippen LogP contribution >= 0.6 is 0 Å². The Hall–Kier alpha value is -0.957. The monoisotopic (exact) mass is 628 g/mol. The summed E-state index contributed by atoms with van der Waals surface area (Å²) in [5.41, 5.74) is 0. The number of hydrogen-bond donors (Lipinski definition) is 2. The molecule has 0 amide bonds. The Morgan fingerprint density at radius 3 is 0.854 bits per heavy atom. The molecule has 0 atom stereocenters. The molecule has 0 aromatic rings. The van der Waals surface area contributed by atoms with Gasteiger partial charge in [0.05, 0.1) is 0 Å². The third kappa shape index (κ3) is 49.1. The molecule has 0 aliphatic carbocycles. The summed E-state index contributed by atoms with van der Waals surface area (Å²) in [7, 11) is 0. The fourth-order valence-electron chi connectivity index (χ4n) is 4.69. The van der Waals surface area contributed by atoms with Crippen LogP contribution in [0.15, 0.2) is 24.3 Å². The first kappa shape index (κ1) is 44.5. The van der Waals surface area contributed by atoms with Crippen LogP contribution in [0.4, 0.5) is 0 Å². The largest absolute Gasteiger partial charge is 0.481 e. The van der Waals surface area contributed by atoms with Gasteiger partial charge in [-0.3, -0.25) is 9.59 Å². The van der Waals surface area contributed by atoms with Crippen molar-refractivity contribution in [1.82, 2.24) is 0 Å². The van der Waals surface area contributed by atoms with Crippen LogP contribution in [0.5, 0.6) is 0 Å². The second-order valence-corrected chi connectivity index (χ2v) is 11.5. The molecule has 0 radical (unpaired) electrons. The van der Waals surface area contributed by atoms with E-state index in [0.717, 1.165) is 25.7 Å². The number of carboxylic acid groups (broad SMARTS) is 2. The average Bonchev–Trinajstić information content (AvgIpc) is 2.93. The van der Waals surface area contributed by atoms with Gasteiger partial charge in [0.25, 0.3) is 0 Å². The van der Waals surface area contributed by atoms with Crippen LogP contribution in [0, 0.1) is 0 Å². The van der Waals surface area contributed by atoms with Crippen molar-refractivity contribution in [2.45, 2.75) is 194 Å². The number of unbranched alkanes of at least 4 members (excludes halogenated alkanes) is 22. The van der Waals surface area contributed by atoms with Gasteiger partial charge < -0.3 is 10.2 Å². The van der Waals surface area contributed by atoms with Crippen LogP contribution in [0.2, 0.25) is 0 Å². The fraction of sp³-hybridized carbons (Fsp3) is 0.833. The smallest absolute Gasteiger partial charge is 0.303 e. The van der Waals surface area contributed by atoms with Crippen LogP contribution in [0.3, 0.4) is 0 Å². The standard InChI is InChI=1S/2C18H34O2.Zn/c2*1-2-3-4-5-6-7-8-9-10-11-12-13-14-15-16-17-18(19)20;/h2*8-9H,2-7,10-17H2,1H3,(H,19,20);. The molecule has 0 heterocycles. The molecule has 0 aromatic carbocycles. The maximum absolute atomic E-state index is 10.3. The topological polar surface area (TPSA) is 74.6 Å². The van der Waals surface area contributed by atoms with Gasteiger partial charge in [-0.2, -0.15) is 0 Å². The predicted molar refractivity (Wildman–Crippen MR) is 174 cm³/mol. The summed E-state index contributed by atoms with van der Waals surface area (Å²) in [5, 5.41) is 17.0. The van der Waals surface area contributed by atoms with E-state index in [9.17, 15) is 9.59 Å². The molecule has 41 heavy (non-hydrogen) atoms. The molecule has 238 valence electrons. The first-order valence-corrected chi connectivity index (χ1v) is 17.3. The van der Waals surface area contributed by atoms with Crippen LogP contribution in [0.1, 0.15) is 194 Å². The molecule has 4 nitrogen and oxygen atoms in total. The molecule has 0 rings (SSSR count).